The van der Waals surface area contributed by atoms with Crippen LogP contribution in [0.1, 0.15) is 13.3 Å². The molecule has 1 heterocycles. The molecule has 7 nitrogen and oxygen atoms in total. The fourth-order valence-corrected chi connectivity index (χ4v) is 3.43. The second-order valence-electron chi connectivity index (χ2n) is 5.44. The summed E-state index contributed by atoms with van der Waals surface area (Å²) < 4.78 is 26.4. The minimum Gasteiger partial charge on any atom is -0.357 e. The molecular weight excluding hydrogens is 338 g/mol. The van der Waals surface area contributed by atoms with Crippen LogP contribution in [0, 0.1) is 0 Å². The van der Waals surface area contributed by atoms with Crippen molar-refractivity contribution in [3.8, 4) is 0 Å². The van der Waals surface area contributed by atoms with E-state index in [9.17, 15) is 8.42 Å². The molecule has 0 amide bonds. The maximum absolute atomic E-state index is 12.3. The van der Waals surface area contributed by atoms with E-state index in [0.29, 0.717) is 23.9 Å². The fraction of sp³-hybridized carbons (Fsp3) is 0.412. The summed E-state index contributed by atoms with van der Waals surface area (Å²) in [5.74, 6) is 0.653. The Hall–Kier alpha value is -2.35. The summed E-state index contributed by atoms with van der Waals surface area (Å²) in [6.45, 7) is 4.44. The molecule has 1 aromatic carbocycles. The number of sulfone groups is 1. The topological polar surface area (TPSA) is 88.4 Å². The molecule has 0 unspecified atom stereocenters. The van der Waals surface area contributed by atoms with Gasteiger partial charge >= 0.3 is 0 Å². The molecule has 0 aliphatic heterocycles. The third kappa shape index (κ3) is 6.58. The first-order valence-corrected chi connectivity index (χ1v) is 10.0. The predicted molar refractivity (Wildman–Crippen MR) is 99.3 cm³/mol. The molecule has 8 heteroatoms. The zero-order valence-electron chi connectivity index (χ0n) is 14.4. The van der Waals surface area contributed by atoms with Gasteiger partial charge in [-0.3, -0.25) is 9.67 Å². The predicted octanol–water partition coefficient (Wildman–Crippen LogP) is 1.30. The van der Waals surface area contributed by atoms with Crippen molar-refractivity contribution in [2.24, 2.45) is 4.99 Å². The lowest BCUT2D eigenvalue weighted by molar-refractivity contribution is 0.583. The van der Waals surface area contributed by atoms with E-state index in [0.717, 1.165) is 19.5 Å². The van der Waals surface area contributed by atoms with Crippen molar-refractivity contribution < 1.29 is 8.42 Å². The maximum atomic E-state index is 12.3. The highest BCUT2D eigenvalue weighted by atomic mass is 32.2. The van der Waals surface area contributed by atoms with Gasteiger partial charge in [-0.25, -0.2) is 8.42 Å². The Morgan fingerprint density at radius 1 is 1.20 bits per heavy atom. The standard InChI is InChI=1S/C17H25N5O2S/c1-2-18-17(19-10-6-13-22-14-7-11-21-22)20-12-15-25(23,24)16-8-4-3-5-9-16/h3-5,7-9,11,14H,2,6,10,12-13,15H2,1H3,(H2,18,19,20). The van der Waals surface area contributed by atoms with Crippen molar-refractivity contribution in [2.75, 3.05) is 25.4 Å². The van der Waals surface area contributed by atoms with E-state index in [1.54, 1.807) is 36.5 Å². The Labute approximate surface area is 149 Å². The van der Waals surface area contributed by atoms with Crippen molar-refractivity contribution in [2.45, 2.75) is 24.8 Å². The van der Waals surface area contributed by atoms with Crippen LogP contribution in [0.25, 0.3) is 0 Å². The van der Waals surface area contributed by atoms with E-state index < -0.39 is 9.84 Å². The molecular formula is C17H25N5O2S. The number of guanidine groups is 1. The van der Waals surface area contributed by atoms with Gasteiger partial charge in [0.2, 0.25) is 0 Å². The van der Waals surface area contributed by atoms with Gasteiger partial charge < -0.3 is 10.6 Å². The number of aryl methyl sites for hydroxylation is 1. The van der Waals surface area contributed by atoms with Crippen molar-refractivity contribution in [1.29, 1.82) is 0 Å². The molecule has 0 saturated carbocycles. The average molecular weight is 363 g/mol. The van der Waals surface area contributed by atoms with Gasteiger partial charge in [0.05, 0.1) is 10.6 Å². The smallest absolute Gasteiger partial charge is 0.191 e. The van der Waals surface area contributed by atoms with Crippen molar-refractivity contribution in [3.05, 3.63) is 48.8 Å². The monoisotopic (exact) mass is 363 g/mol. The maximum Gasteiger partial charge on any atom is 0.191 e. The molecule has 0 radical (unpaired) electrons. The van der Waals surface area contributed by atoms with Crippen LogP contribution in [0.15, 0.2) is 58.7 Å². The number of benzene rings is 1. The van der Waals surface area contributed by atoms with Crippen LogP contribution in [-0.2, 0) is 16.4 Å². The van der Waals surface area contributed by atoms with Gasteiger partial charge in [0, 0.05) is 38.6 Å². The van der Waals surface area contributed by atoms with Crippen molar-refractivity contribution in [3.63, 3.8) is 0 Å². The lowest BCUT2D eigenvalue weighted by atomic mass is 10.4. The van der Waals surface area contributed by atoms with Gasteiger partial charge in [0.25, 0.3) is 0 Å². The molecule has 0 aliphatic rings. The summed E-state index contributed by atoms with van der Waals surface area (Å²) in [6.07, 6.45) is 4.53. The molecule has 25 heavy (non-hydrogen) atoms. The van der Waals surface area contributed by atoms with E-state index in [-0.39, 0.29) is 5.75 Å². The Balaban J connectivity index is 1.79. The highest BCUT2D eigenvalue weighted by Crippen LogP contribution is 2.09. The number of aliphatic imine (C=N–C) groups is 1. The molecule has 2 rings (SSSR count). The molecule has 0 fully saturated rings. The van der Waals surface area contributed by atoms with Crippen LogP contribution in [0.4, 0.5) is 0 Å². The number of rotatable bonds is 9. The van der Waals surface area contributed by atoms with Crippen molar-refractivity contribution in [1.82, 2.24) is 20.4 Å². The normalized spacial score (nSPS) is 12.1. The lowest BCUT2D eigenvalue weighted by Crippen LogP contribution is -2.39. The Morgan fingerprint density at radius 3 is 2.68 bits per heavy atom. The summed E-state index contributed by atoms with van der Waals surface area (Å²) in [5, 5.41) is 10.3. The van der Waals surface area contributed by atoms with Crippen LogP contribution < -0.4 is 10.6 Å². The molecule has 0 bridgehead atoms. The molecule has 0 atom stereocenters. The Kier molecular flexibility index (Phi) is 7.46. The van der Waals surface area contributed by atoms with Gasteiger partial charge in [-0.05, 0) is 31.5 Å². The SMILES string of the molecule is CCNC(=NCCCn1cccn1)NCCS(=O)(=O)c1ccccc1. The first kappa shape index (κ1) is 19.0. The second kappa shape index (κ2) is 9.83. The third-order valence-corrected chi connectivity index (χ3v) is 5.22. The largest absolute Gasteiger partial charge is 0.357 e. The molecule has 2 aromatic rings. The third-order valence-electron chi connectivity index (χ3n) is 3.48. The van der Waals surface area contributed by atoms with Crippen LogP contribution >= 0.6 is 0 Å². The molecule has 1 aromatic heterocycles. The lowest BCUT2D eigenvalue weighted by Gasteiger charge is -2.11. The van der Waals surface area contributed by atoms with Crippen LogP contribution in [0.3, 0.4) is 0 Å². The number of nitrogens with zero attached hydrogens (tertiary/aromatic N) is 3. The number of hydrogen-bond acceptors (Lipinski definition) is 4. The van der Waals surface area contributed by atoms with E-state index in [1.165, 1.54) is 0 Å². The van der Waals surface area contributed by atoms with Gasteiger partial charge in [0.15, 0.2) is 15.8 Å². The molecule has 2 N–H and O–H groups in total. The summed E-state index contributed by atoms with van der Waals surface area (Å²) in [6, 6.07) is 10.4. The van der Waals surface area contributed by atoms with Crippen LogP contribution in [0.2, 0.25) is 0 Å². The van der Waals surface area contributed by atoms with Gasteiger partial charge in [-0.1, -0.05) is 18.2 Å². The van der Waals surface area contributed by atoms with Gasteiger partial charge in [-0.2, -0.15) is 5.10 Å². The number of hydrogen-bond donors (Lipinski definition) is 2. The van der Waals surface area contributed by atoms with Crippen LogP contribution in [0.5, 0.6) is 0 Å². The van der Waals surface area contributed by atoms with Crippen LogP contribution in [-0.4, -0.2) is 49.5 Å². The zero-order chi connectivity index (χ0) is 18.0. The van der Waals surface area contributed by atoms with Gasteiger partial charge in [0.1, 0.15) is 0 Å². The highest BCUT2D eigenvalue weighted by molar-refractivity contribution is 7.91. The molecule has 0 aliphatic carbocycles. The summed E-state index contributed by atoms with van der Waals surface area (Å²) in [4.78, 5) is 4.81. The Morgan fingerprint density at radius 2 is 2.00 bits per heavy atom. The van der Waals surface area contributed by atoms with E-state index in [2.05, 4.69) is 20.7 Å². The summed E-state index contributed by atoms with van der Waals surface area (Å²) in [7, 11) is -3.28. The van der Waals surface area contributed by atoms with Gasteiger partial charge in [-0.15, -0.1) is 0 Å². The Bertz CT molecular complexity index is 743. The first-order chi connectivity index (χ1) is 12.1. The minimum absolute atomic E-state index is 0.0225. The van der Waals surface area contributed by atoms with E-state index in [4.69, 9.17) is 0 Å². The zero-order valence-corrected chi connectivity index (χ0v) is 15.2. The molecule has 136 valence electrons. The van der Waals surface area contributed by atoms with E-state index >= 15 is 0 Å². The minimum atomic E-state index is -3.28. The average Bonchev–Trinajstić information content (AvgIpc) is 3.13. The molecule has 0 saturated heterocycles. The number of nitrogens with one attached hydrogen (secondary N) is 2. The van der Waals surface area contributed by atoms with E-state index in [1.807, 2.05) is 23.9 Å². The number of aromatic nitrogens is 2. The summed E-state index contributed by atoms with van der Waals surface area (Å²) >= 11 is 0. The first-order valence-electron chi connectivity index (χ1n) is 8.39. The fourth-order valence-electron chi connectivity index (χ4n) is 2.25. The second-order valence-corrected chi connectivity index (χ2v) is 7.55. The molecule has 0 spiro atoms. The summed E-state index contributed by atoms with van der Waals surface area (Å²) in [5.41, 5.74) is 0. The quantitative estimate of drug-likeness (QED) is 0.398. The van der Waals surface area contributed by atoms with Crippen molar-refractivity contribution >= 4 is 15.8 Å². The highest BCUT2D eigenvalue weighted by Gasteiger charge is 2.13.